The minimum atomic E-state index is -4.61. The number of aromatic nitrogens is 3. The van der Waals surface area contributed by atoms with E-state index in [1.807, 2.05) is 0 Å². The number of pyridine rings is 1. The number of carbonyl (C=O) groups is 1. The highest BCUT2D eigenvalue weighted by molar-refractivity contribution is 7.91. The molecule has 3 heterocycles. The number of alkyl halides is 3. The Morgan fingerprint density at radius 1 is 1.25 bits per heavy atom. The number of nitrogens with zero attached hydrogens (tertiary/aromatic N) is 3. The highest BCUT2D eigenvalue weighted by Gasteiger charge is 2.36. The molecular formula is C17H14F3N3O3S2. The van der Waals surface area contributed by atoms with Gasteiger partial charge >= 0.3 is 6.18 Å². The average molecular weight is 429 g/mol. The second-order valence-corrected chi connectivity index (χ2v) is 9.68. The number of Topliss-reactive ketones (excluding diaryl/α,β-unsaturated/α-hetero) is 1. The molecular weight excluding hydrogens is 415 g/mol. The molecule has 11 heteroatoms. The summed E-state index contributed by atoms with van der Waals surface area (Å²) in [5.41, 5.74) is -0.190. The molecule has 0 atom stereocenters. The summed E-state index contributed by atoms with van der Waals surface area (Å²) in [5.74, 6) is -0.0740. The van der Waals surface area contributed by atoms with Crippen LogP contribution in [0, 0.1) is 0 Å². The van der Waals surface area contributed by atoms with E-state index in [0.717, 1.165) is 23.6 Å². The van der Waals surface area contributed by atoms with Crippen molar-refractivity contribution in [1.29, 1.82) is 0 Å². The molecule has 0 aromatic carbocycles. The third-order valence-electron chi connectivity index (χ3n) is 4.77. The predicted molar refractivity (Wildman–Crippen MR) is 97.2 cm³/mol. The number of rotatable bonds is 3. The van der Waals surface area contributed by atoms with Crippen LogP contribution in [-0.2, 0) is 29.5 Å². The van der Waals surface area contributed by atoms with Gasteiger partial charge in [0.2, 0.25) is 0 Å². The number of sulfone groups is 1. The van der Waals surface area contributed by atoms with E-state index in [1.54, 1.807) is 7.05 Å². The number of imidazole rings is 1. The first kappa shape index (κ1) is 19.1. The van der Waals surface area contributed by atoms with Crippen LogP contribution < -0.4 is 0 Å². The molecule has 148 valence electrons. The first-order valence-corrected chi connectivity index (χ1v) is 10.8. The number of hydrogen-bond donors (Lipinski definition) is 0. The van der Waals surface area contributed by atoms with Crippen LogP contribution in [0.3, 0.4) is 0 Å². The van der Waals surface area contributed by atoms with Gasteiger partial charge in [-0.25, -0.2) is 18.4 Å². The van der Waals surface area contributed by atoms with Crippen LogP contribution in [0.1, 0.15) is 34.3 Å². The van der Waals surface area contributed by atoms with Gasteiger partial charge in [0.15, 0.2) is 21.4 Å². The normalized spacial score (nSPS) is 14.8. The Labute approximate surface area is 162 Å². The van der Waals surface area contributed by atoms with Gasteiger partial charge in [-0.1, -0.05) is 6.92 Å². The van der Waals surface area contributed by atoms with E-state index < -0.39 is 21.7 Å². The van der Waals surface area contributed by atoms with Crippen molar-refractivity contribution in [3.05, 3.63) is 28.4 Å². The molecule has 0 saturated heterocycles. The number of fused-ring (bicyclic) bond motifs is 2. The topological polar surface area (TPSA) is 81.9 Å². The number of ketones is 1. The van der Waals surface area contributed by atoms with E-state index in [0.29, 0.717) is 22.4 Å². The Morgan fingerprint density at radius 2 is 1.96 bits per heavy atom. The van der Waals surface area contributed by atoms with Crippen LogP contribution in [0.4, 0.5) is 13.2 Å². The van der Waals surface area contributed by atoms with E-state index in [1.165, 1.54) is 11.5 Å². The zero-order chi connectivity index (χ0) is 20.4. The average Bonchev–Trinajstić information content (AvgIpc) is 3.27. The third kappa shape index (κ3) is 2.75. The summed E-state index contributed by atoms with van der Waals surface area (Å²) >= 11 is 1.04. The second-order valence-electron chi connectivity index (χ2n) is 6.45. The SMILES string of the molecule is CCS(=O)(=O)c1c(-c2nc3cc(C(F)(F)F)ncc3n2C)sc2c1CCC2=O. The maximum absolute atomic E-state index is 13.0. The van der Waals surface area contributed by atoms with Crippen LogP contribution in [0.15, 0.2) is 17.2 Å². The summed E-state index contributed by atoms with van der Waals surface area (Å²) < 4.78 is 65.8. The minimum absolute atomic E-state index is 0.0551. The van der Waals surface area contributed by atoms with Crippen LogP contribution >= 0.6 is 11.3 Å². The van der Waals surface area contributed by atoms with Crippen LogP contribution in [0.5, 0.6) is 0 Å². The van der Waals surface area contributed by atoms with Gasteiger partial charge in [0.1, 0.15) is 5.69 Å². The van der Waals surface area contributed by atoms with Gasteiger partial charge in [0, 0.05) is 13.5 Å². The van der Waals surface area contributed by atoms with Gasteiger partial charge in [-0.05, 0) is 18.1 Å². The Morgan fingerprint density at radius 3 is 2.61 bits per heavy atom. The standard InChI is InChI=1S/C17H14F3N3O3S2/c1-3-28(25,26)15-8-4-5-11(24)13(8)27-14(15)16-22-9-6-12(17(18,19)20)21-7-10(9)23(16)2/h6-7H,3-5H2,1-2H3. The van der Waals surface area contributed by atoms with Crippen molar-refractivity contribution < 1.29 is 26.4 Å². The van der Waals surface area contributed by atoms with Gasteiger partial charge in [-0.15, -0.1) is 11.3 Å². The zero-order valence-corrected chi connectivity index (χ0v) is 16.4. The van der Waals surface area contributed by atoms with Crippen LogP contribution in [-0.4, -0.2) is 34.5 Å². The molecule has 4 rings (SSSR count). The lowest BCUT2D eigenvalue weighted by molar-refractivity contribution is -0.141. The monoisotopic (exact) mass is 429 g/mol. The molecule has 0 bridgehead atoms. The highest BCUT2D eigenvalue weighted by atomic mass is 32.2. The summed E-state index contributed by atoms with van der Waals surface area (Å²) in [4.78, 5) is 20.6. The van der Waals surface area contributed by atoms with E-state index in [-0.39, 0.29) is 39.1 Å². The van der Waals surface area contributed by atoms with Gasteiger partial charge in [-0.3, -0.25) is 4.79 Å². The van der Waals surface area contributed by atoms with E-state index in [2.05, 4.69) is 9.97 Å². The first-order chi connectivity index (χ1) is 13.0. The minimum Gasteiger partial charge on any atom is -0.325 e. The zero-order valence-electron chi connectivity index (χ0n) is 14.8. The smallest absolute Gasteiger partial charge is 0.325 e. The van der Waals surface area contributed by atoms with Crippen molar-refractivity contribution in [3.63, 3.8) is 0 Å². The molecule has 0 fully saturated rings. The number of hydrogen-bond acceptors (Lipinski definition) is 6. The third-order valence-corrected chi connectivity index (χ3v) is 8.00. The molecule has 1 aliphatic carbocycles. The van der Waals surface area contributed by atoms with E-state index in [4.69, 9.17) is 0 Å². The Balaban J connectivity index is 2.00. The van der Waals surface area contributed by atoms with Gasteiger partial charge in [0.05, 0.1) is 37.6 Å². The Hall–Kier alpha value is -2.27. The van der Waals surface area contributed by atoms with Crippen molar-refractivity contribution >= 4 is 38.0 Å². The number of aryl methyl sites for hydroxylation is 1. The molecule has 1 aliphatic rings. The van der Waals surface area contributed by atoms with Crippen LogP contribution in [0.25, 0.3) is 21.7 Å². The molecule has 6 nitrogen and oxygen atoms in total. The molecule has 0 aliphatic heterocycles. The quantitative estimate of drug-likeness (QED) is 0.635. The molecule has 0 spiro atoms. The molecule has 0 radical (unpaired) electrons. The second kappa shape index (κ2) is 6.11. The highest BCUT2D eigenvalue weighted by Crippen LogP contribution is 2.44. The fourth-order valence-corrected chi connectivity index (χ4v) is 6.37. The summed E-state index contributed by atoms with van der Waals surface area (Å²) in [6, 6.07) is 0.833. The molecule has 0 saturated carbocycles. The lowest BCUT2D eigenvalue weighted by Gasteiger charge is -2.07. The molecule has 0 N–H and O–H groups in total. The number of thiophene rings is 1. The summed E-state index contributed by atoms with van der Waals surface area (Å²) in [5, 5.41) is 0. The van der Waals surface area contributed by atoms with Gasteiger partial charge in [0.25, 0.3) is 0 Å². The van der Waals surface area contributed by atoms with Crippen LogP contribution in [0.2, 0.25) is 0 Å². The lowest BCUT2D eigenvalue weighted by Crippen LogP contribution is -2.07. The molecule has 3 aromatic heterocycles. The first-order valence-electron chi connectivity index (χ1n) is 8.36. The predicted octanol–water partition coefficient (Wildman–Crippen LogP) is 3.64. The fraction of sp³-hybridized carbons (Fsp3) is 0.353. The molecule has 3 aromatic rings. The number of halogens is 3. The maximum atomic E-state index is 13.0. The largest absolute Gasteiger partial charge is 0.433 e. The van der Waals surface area contributed by atoms with Crippen molar-refractivity contribution in [2.45, 2.75) is 30.8 Å². The molecule has 0 amide bonds. The summed E-state index contributed by atoms with van der Waals surface area (Å²) in [6.07, 6.45) is -2.95. The van der Waals surface area contributed by atoms with Gasteiger partial charge < -0.3 is 4.57 Å². The fourth-order valence-electron chi connectivity index (χ4n) is 3.32. The summed E-state index contributed by atoms with van der Waals surface area (Å²) in [7, 11) is -2.08. The van der Waals surface area contributed by atoms with Crippen molar-refractivity contribution in [2.24, 2.45) is 7.05 Å². The maximum Gasteiger partial charge on any atom is 0.433 e. The van der Waals surface area contributed by atoms with Crippen molar-refractivity contribution in [2.75, 3.05) is 5.75 Å². The Bertz CT molecular complexity index is 1240. The molecule has 0 unspecified atom stereocenters. The number of carbonyl (C=O) groups excluding carboxylic acids is 1. The summed E-state index contributed by atoms with van der Waals surface area (Å²) in [6.45, 7) is 1.51. The Kier molecular flexibility index (Phi) is 4.16. The van der Waals surface area contributed by atoms with Gasteiger partial charge in [-0.2, -0.15) is 13.2 Å². The molecule has 28 heavy (non-hydrogen) atoms. The van der Waals surface area contributed by atoms with Crippen molar-refractivity contribution in [3.8, 4) is 10.7 Å². The van der Waals surface area contributed by atoms with E-state index >= 15 is 0 Å². The van der Waals surface area contributed by atoms with Crippen molar-refractivity contribution in [1.82, 2.24) is 14.5 Å². The van der Waals surface area contributed by atoms with E-state index in [9.17, 15) is 26.4 Å². The lowest BCUT2D eigenvalue weighted by atomic mass is 10.2.